The molecule has 5 nitrogen and oxygen atoms in total. The number of hydrogen-bond acceptors (Lipinski definition) is 5. The zero-order valence-electron chi connectivity index (χ0n) is 16.2. The average Bonchev–Trinajstić information content (AvgIpc) is 3.45. The van der Waals surface area contributed by atoms with Crippen LogP contribution < -0.4 is 4.74 Å². The third-order valence-electron chi connectivity index (χ3n) is 4.48. The summed E-state index contributed by atoms with van der Waals surface area (Å²) in [5, 5.41) is 3.21. The van der Waals surface area contributed by atoms with Crippen LogP contribution in [0.5, 0.6) is 5.75 Å². The van der Waals surface area contributed by atoms with Crippen LogP contribution in [-0.4, -0.2) is 22.8 Å². The first-order valence-electron chi connectivity index (χ1n) is 9.30. The topological polar surface area (TPSA) is 55.6 Å². The minimum atomic E-state index is -0.153. The first-order chi connectivity index (χ1) is 14.6. The Morgan fingerprint density at radius 3 is 2.83 bits per heavy atom. The summed E-state index contributed by atoms with van der Waals surface area (Å²) in [5.74, 6) is 1.29. The second kappa shape index (κ2) is 9.15. The van der Waals surface area contributed by atoms with Gasteiger partial charge in [0, 0.05) is 28.6 Å². The highest BCUT2D eigenvalue weighted by atomic mass is 35.5. The lowest BCUT2D eigenvalue weighted by molar-refractivity contribution is 0.0770. The van der Waals surface area contributed by atoms with Gasteiger partial charge in [-0.2, -0.15) is 0 Å². The van der Waals surface area contributed by atoms with E-state index in [1.165, 1.54) is 11.3 Å². The molecule has 0 N–H and O–H groups in total. The molecule has 0 aliphatic rings. The fourth-order valence-electron chi connectivity index (χ4n) is 2.90. The lowest BCUT2D eigenvalue weighted by atomic mass is 10.2. The predicted molar refractivity (Wildman–Crippen MR) is 118 cm³/mol. The molecule has 4 rings (SSSR count). The average molecular weight is 439 g/mol. The molecule has 7 heteroatoms. The fourth-order valence-corrected chi connectivity index (χ4v) is 3.88. The van der Waals surface area contributed by atoms with E-state index in [0.29, 0.717) is 29.6 Å². The van der Waals surface area contributed by atoms with Crippen molar-refractivity contribution in [2.75, 3.05) is 7.05 Å². The fraction of sp³-hybridized carbons (Fsp3) is 0.130. The molecule has 30 heavy (non-hydrogen) atoms. The maximum absolute atomic E-state index is 12.7. The van der Waals surface area contributed by atoms with Crippen LogP contribution in [0.3, 0.4) is 0 Å². The molecule has 0 aliphatic heterocycles. The molecule has 0 bridgehead atoms. The number of hydrogen-bond donors (Lipinski definition) is 0. The van der Waals surface area contributed by atoms with Crippen molar-refractivity contribution in [3.05, 3.63) is 94.3 Å². The van der Waals surface area contributed by atoms with Gasteiger partial charge in [0.05, 0.1) is 12.8 Å². The summed E-state index contributed by atoms with van der Waals surface area (Å²) < 4.78 is 11.2. The van der Waals surface area contributed by atoms with Crippen LogP contribution in [0.4, 0.5) is 0 Å². The van der Waals surface area contributed by atoms with Crippen LogP contribution in [-0.2, 0) is 13.2 Å². The molecule has 2 aromatic heterocycles. The van der Waals surface area contributed by atoms with Crippen molar-refractivity contribution in [1.82, 2.24) is 9.88 Å². The minimum absolute atomic E-state index is 0.153. The van der Waals surface area contributed by atoms with Gasteiger partial charge in [-0.15, -0.1) is 11.3 Å². The number of ether oxygens (including phenoxy) is 1. The minimum Gasteiger partial charge on any atom is -0.489 e. The van der Waals surface area contributed by atoms with Gasteiger partial charge in [-0.3, -0.25) is 4.79 Å². The SMILES string of the molecule is CN(Cc1ccco1)C(=O)c1csc(-c2cccc(OCc3ccccc3Cl)c2)n1. The van der Waals surface area contributed by atoms with E-state index < -0.39 is 0 Å². The zero-order chi connectivity index (χ0) is 20.9. The number of furan rings is 1. The lowest BCUT2D eigenvalue weighted by Gasteiger charge is -2.13. The van der Waals surface area contributed by atoms with E-state index in [1.807, 2.05) is 54.6 Å². The summed E-state index contributed by atoms with van der Waals surface area (Å²) in [7, 11) is 1.73. The summed E-state index contributed by atoms with van der Waals surface area (Å²) in [6.07, 6.45) is 1.59. The Morgan fingerprint density at radius 1 is 1.17 bits per heavy atom. The van der Waals surface area contributed by atoms with E-state index in [-0.39, 0.29) is 5.91 Å². The van der Waals surface area contributed by atoms with Gasteiger partial charge in [-0.1, -0.05) is 41.9 Å². The molecule has 0 unspecified atom stereocenters. The standard InChI is InChI=1S/C23H19ClN2O3S/c1-26(13-19-9-5-11-28-19)23(27)21-15-30-22(25-21)16-7-4-8-18(12-16)29-14-17-6-2-3-10-20(17)24/h2-12,15H,13-14H2,1H3. The third kappa shape index (κ3) is 4.72. The third-order valence-corrected chi connectivity index (χ3v) is 5.74. The molecule has 1 amide bonds. The van der Waals surface area contributed by atoms with E-state index in [0.717, 1.165) is 21.9 Å². The van der Waals surface area contributed by atoms with Crippen LogP contribution in [0.25, 0.3) is 10.6 Å². The van der Waals surface area contributed by atoms with E-state index >= 15 is 0 Å². The first kappa shape index (κ1) is 20.2. The maximum atomic E-state index is 12.7. The zero-order valence-corrected chi connectivity index (χ0v) is 17.8. The van der Waals surface area contributed by atoms with Gasteiger partial charge >= 0.3 is 0 Å². The number of carbonyl (C=O) groups is 1. The van der Waals surface area contributed by atoms with Crippen LogP contribution >= 0.6 is 22.9 Å². The molecular weight excluding hydrogens is 420 g/mol. The lowest BCUT2D eigenvalue weighted by Crippen LogP contribution is -2.26. The quantitative estimate of drug-likeness (QED) is 0.360. The Morgan fingerprint density at radius 2 is 2.03 bits per heavy atom. The molecule has 0 saturated heterocycles. The summed E-state index contributed by atoms with van der Waals surface area (Å²) in [6, 6.07) is 18.9. The van der Waals surface area contributed by atoms with Crippen molar-refractivity contribution in [2.45, 2.75) is 13.2 Å². The second-order valence-electron chi connectivity index (χ2n) is 6.69. The molecule has 0 spiro atoms. The van der Waals surface area contributed by atoms with Crippen molar-refractivity contribution in [1.29, 1.82) is 0 Å². The molecule has 152 valence electrons. The highest BCUT2D eigenvalue weighted by molar-refractivity contribution is 7.13. The van der Waals surface area contributed by atoms with Gasteiger partial charge in [-0.25, -0.2) is 4.98 Å². The smallest absolute Gasteiger partial charge is 0.273 e. The molecule has 4 aromatic rings. The summed E-state index contributed by atoms with van der Waals surface area (Å²) in [4.78, 5) is 18.8. The van der Waals surface area contributed by atoms with Crippen molar-refractivity contribution >= 4 is 28.8 Å². The summed E-state index contributed by atoms with van der Waals surface area (Å²) in [6.45, 7) is 0.770. The van der Waals surface area contributed by atoms with Gasteiger partial charge in [-0.05, 0) is 30.3 Å². The molecule has 2 heterocycles. The monoisotopic (exact) mass is 438 g/mol. The largest absolute Gasteiger partial charge is 0.489 e. The number of benzene rings is 2. The van der Waals surface area contributed by atoms with E-state index in [9.17, 15) is 4.79 Å². The maximum Gasteiger partial charge on any atom is 0.273 e. The highest BCUT2D eigenvalue weighted by Crippen LogP contribution is 2.28. The van der Waals surface area contributed by atoms with Crippen LogP contribution in [0, 0.1) is 0 Å². The second-order valence-corrected chi connectivity index (χ2v) is 7.95. The van der Waals surface area contributed by atoms with Gasteiger partial charge in [0.2, 0.25) is 0 Å². The number of carbonyl (C=O) groups excluding carboxylic acids is 1. The Hall–Kier alpha value is -3.09. The van der Waals surface area contributed by atoms with Gasteiger partial charge in [0.15, 0.2) is 0 Å². The molecule has 0 radical (unpaired) electrons. The van der Waals surface area contributed by atoms with Crippen LogP contribution in [0.15, 0.2) is 76.7 Å². The van der Waals surface area contributed by atoms with Crippen molar-refractivity contribution in [3.63, 3.8) is 0 Å². The number of halogens is 1. The number of rotatable bonds is 7. The van der Waals surface area contributed by atoms with Crippen molar-refractivity contribution < 1.29 is 13.9 Å². The van der Waals surface area contributed by atoms with Gasteiger partial charge in [0.1, 0.15) is 28.8 Å². The Balaban J connectivity index is 1.44. The van der Waals surface area contributed by atoms with E-state index in [2.05, 4.69) is 4.98 Å². The molecule has 0 aliphatic carbocycles. The van der Waals surface area contributed by atoms with Crippen LogP contribution in [0.1, 0.15) is 21.8 Å². The van der Waals surface area contributed by atoms with E-state index in [1.54, 1.807) is 29.7 Å². The number of aromatic nitrogens is 1. The van der Waals surface area contributed by atoms with E-state index in [4.69, 9.17) is 20.8 Å². The molecular formula is C23H19ClN2O3S. The normalized spacial score (nSPS) is 10.7. The molecule has 0 saturated carbocycles. The van der Waals surface area contributed by atoms with Crippen LogP contribution in [0.2, 0.25) is 5.02 Å². The Bertz CT molecular complexity index is 1140. The number of amides is 1. The molecule has 0 fully saturated rings. The Kier molecular flexibility index (Phi) is 6.16. The predicted octanol–water partition coefficient (Wildman–Crippen LogP) is 5.91. The van der Waals surface area contributed by atoms with Crippen molar-refractivity contribution in [3.8, 4) is 16.3 Å². The summed E-state index contributed by atoms with van der Waals surface area (Å²) >= 11 is 7.61. The number of thiazole rings is 1. The Labute approximate surface area is 183 Å². The van der Waals surface area contributed by atoms with Gasteiger partial charge < -0.3 is 14.1 Å². The first-order valence-corrected chi connectivity index (χ1v) is 10.6. The molecule has 0 atom stereocenters. The number of nitrogens with zero attached hydrogens (tertiary/aromatic N) is 2. The highest BCUT2D eigenvalue weighted by Gasteiger charge is 2.17. The molecule has 2 aromatic carbocycles. The van der Waals surface area contributed by atoms with Gasteiger partial charge in [0.25, 0.3) is 5.91 Å². The van der Waals surface area contributed by atoms with Crippen molar-refractivity contribution in [2.24, 2.45) is 0 Å². The summed E-state index contributed by atoms with van der Waals surface area (Å²) in [5.41, 5.74) is 2.22.